The Balaban J connectivity index is 1.53. The van der Waals surface area contributed by atoms with E-state index in [1.807, 2.05) is 0 Å². The fourth-order valence-corrected chi connectivity index (χ4v) is 7.86. The number of nitro groups is 1. The average molecular weight is 652 g/mol. The second-order valence-corrected chi connectivity index (χ2v) is 12.9. The van der Waals surface area contributed by atoms with E-state index in [1.165, 1.54) is 31.2 Å². The molecule has 15 heteroatoms. The molecule has 0 aromatic heterocycles. The highest BCUT2D eigenvalue weighted by Gasteiger charge is 2.73. The number of aliphatic imine (C=N–C) groups is 1. The molecule has 1 amide bonds. The summed E-state index contributed by atoms with van der Waals surface area (Å²) in [5, 5.41) is 7.08. The molecule has 2 heterocycles. The summed E-state index contributed by atoms with van der Waals surface area (Å²) in [5.41, 5.74) is 1.23. The van der Waals surface area contributed by atoms with Crippen LogP contribution >= 0.6 is 19.4 Å². The van der Waals surface area contributed by atoms with Crippen molar-refractivity contribution in [2.24, 2.45) is 4.99 Å². The van der Waals surface area contributed by atoms with Gasteiger partial charge in [0.2, 0.25) is 0 Å². The summed E-state index contributed by atoms with van der Waals surface area (Å²) < 4.78 is 24.0. The number of esters is 2. The summed E-state index contributed by atoms with van der Waals surface area (Å²) in [6.07, 6.45) is 0.147. The lowest BCUT2D eigenvalue weighted by Gasteiger charge is -2.54. The standard InChI is InChI=1S/C30H26N3O10PS/c1-19(34)42-17-23-18-45-29-30(44(39,40)41,31-16-20-12-14-24(15-13-20)33(37)38)28(36)32(29)25(23)27(35)43-26(21-8-4-2-5-9-21)22-10-6-3-7-11-22/h2-16,26,29H,17-18H2,1H3,(H2,39,40,41)/t29-,30-/m1/s1. The molecule has 45 heavy (non-hydrogen) atoms. The second-order valence-electron chi connectivity index (χ2n) is 10.1. The van der Waals surface area contributed by atoms with Gasteiger partial charge in [0.25, 0.3) is 16.9 Å². The van der Waals surface area contributed by atoms with Crippen molar-refractivity contribution in [3.63, 3.8) is 0 Å². The largest absolute Gasteiger partial charge is 0.461 e. The molecule has 0 spiro atoms. The van der Waals surface area contributed by atoms with Crippen molar-refractivity contribution in [3.8, 4) is 0 Å². The number of hydrogen-bond donors (Lipinski definition) is 2. The van der Waals surface area contributed by atoms with Crippen LogP contribution in [0.4, 0.5) is 5.69 Å². The summed E-state index contributed by atoms with van der Waals surface area (Å²) in [5.74, 6) is -2.80. The van der Waals surface area contributed by atoms with Gasteiger partial charge in [0.05, 0.1) is 4.92 Å². The fraction of sp³-hybridized carbons (Fsp3) is 0.200. The Morgan fingerprint density at radius 2 is 1.67 bits per heavy atom. The van der Waals surface area contributed by atoms with Crippen LogP contribution in [0.1, 0.15) is 29.7 Å². The number of carbonyl (C=O) groups is 3. The first-order valence-electron chi connectivity index (χ1n) is 13.4. The maximum absolute atomic E-state index is 14.0. The van der Waals surface area contributed by atoms with Crippen LogP contribution in [-0.2, 0) is 28.4 Å². The maximum Gasteiger partial charge on any atom is 0.365 e. The van der Waals surface area contributed by atoms with Crippen molar-refractivity contribution >= 4 is 49.1 Å². The highest BCUT2D eigenvalue weighted by Crippen LogP contribution is 2.65. The number of rotatable bonds is 10. The Bertz CT molecular complexity index is 1700. The first-order valence-corrected chi connectivity index (χ1v) is 16.1. The second kappa shape index (κ2) is 12.8. The molecule has 1 fully saturated rings. The van der Waals surface area contributed by atoms with Crippen LogP contribution in [0.15, 0.2) is 101 Å². The molecule has 2 aliphatic rings. The van der Waals surface area contributed by atoms with Gasteiger partial charge in [-0.2, -0.15) is 0 Å². The first kappa shape index (κ1) is 31.8. The smallest absolute Gasteiger partial charge is 0.365 e. The molecule has 232 valence electrons. The van der Waals surface area contributed by atoms with Crippen LogP contribution in [-0.4, -0.2) is 66.7 Å². The molecule has 13 nitrogen and oxygen atoms in total. The van der Waals surface area contributed by atoms with Crippen molar-refractivity contribution in [1.29, 1.82) is 0 Å². The Hall–Kier alpha value is -4.62. The summed E-state index contributed by atoms with van der Waals surface area (Å²) in [4.78, 5) is 75.7. The number of hydrogen-bond acceptors (Lipinski definition) is 10. The van der Waals surface area contributed by atoms with Crippen molar-refractivity contribution in [2.45, 2.75) is 23.7 Å². The van der Waals surface area contributed by atoms with Crippen LogP contribution in [0.2, 0.25) is 0 Å². The molecule has 3 aromatic carbocycles. The molecule has 0 aliphatic carbocycles. The van der Waals surface area contributed by atoms with Gasteiger partial charge in [-0.25, -0.2) is 4.79 Å². The quantitative estimate of drug-likeness (QED) is 0.0807. The highest BCUT2D eigenvalue weighted by molar-refractivity contribution is 8.00. The Morgan fingerprint density at radius 1 is 1.09 bits per heavy atom. The molecule has 2 atom stereocenters. The zero-order chi connectivity index (χ0) is 32.4. The zero-order valence-corrected chi connectivity index (χ0v) is 25.3. The minimum atomic E-state index is -5.32. The summed E-state index contributed by atoms with van der Waals surface area (Å²) in [6.45, 7) is 0.818. The topological polar surface area (TPSA) is 186 Å². The molecule has 3 aromatic rings. The summed E-state index contributed by atoms with van der Waals surface area (Å²) in [7, 11) is -5.32. The predicted molar refractivity (Wildman–Crippen MR) is 163 cm³/mol. The maximum atomic E-state index is 14.0. The van der Waals surface area contributed by atoms with Crippen LogP contribution in [0.5, 0.6) is 0 Å². The van der Waals surface area contributed by atoms with Crippen molar-refractivity contribution in [1.82, 2.24) is 4.90 Å². The molecular formula is C30H26N3O10PS. The molecule has 0 saturated carbocycles. The van der Waals surface area contributed by atoms with Gasteiger partial charge in [0, 0.05) is 36.6 Å². The van der Waals surface area contributed by atoms with Gasteiger partial charge in [-0.05, 0) is 28.8 Å². The number of non-ortho nitro benzene ring substituents is 1. The number of thioether (sulfide) groups is 1. The van der Waals surface area contributed by atoms with Gasteiger partial charge in [-0.1, -0.05) is 60.7 Å². The summed E-state index contributed by atoms with van der Waals surface area (Å²) >= 11 is 0.937. The molecular weight excluding hydrogens is 625 g/mol. The lowest BCUT2D eigenvalue weighted by atomic mass is 10.0. The van der Waals surface area contributed by atoms with Crippen molar-refractivity contribution < 1.29 is 43.1 Å². The normalized spacial score (nSPS) is 19.7. The molecule has 2 N–H and O–H groups in total. The number of nitro benzene ring substituents is 1. The van der Waals surface area contributed by atoms with Crippen LogP contribution in [0, 0.1) is 10.1 Å². The third-order valence-corrected chi connectivity index (χ3v) is 10.1. The SMILES string of the molecule is CC(=O)OCC1=C(C(=O)OC(c2ccccc2)c2ccccc2)N2C(=O)[C@@](N=Cc3ccc([N+](=O)[O-])cc3)(P(=O)(O)O)[C@H]2SC1. The van der Waals surface area contributed by atoms with Gasteiger partial charge in [-0.15, -0.1) is 11.8 Å². The monoisotopic (exact) mass is 651 g/mol. The van der Waals surface area contributed by atoms with E-state index in [9.17, 15) is 38.8 Å². The Labute approximate surface area is 260 Å². The predicted octanol–water partition coefficient (Wildman–Crippen LogP) is 3.95. The van der Waals surface area contributed by atoms with Gasteiger partial charge in [0.1, 0.15) is 17.7 Å². The highest BCUT2D eigenvalue weighted by atomic mass is 32.2. The van der Waals surface area contributed by atoms with E-state index in [-0.39, 0.29) is 34.9 Å². The van der Waals surface area contributed by atoms with Gasteiger partial charge >= 0.3 is 19.5 Å². The van der Waals surface area contributed by atoms with Crippen molar-refractivity contribution in [3.05, 3.63) is 123 Å². The van der Waals surface area contributed by atoms with Crippen molar-refractivity contribution in [2.75, 3.05) is 12.4 Å². The molecule has 0 radical (unpaired) electrons. The van der Waals surface area contributed by atoms with E-state index in [4.69, 9.17) is 9.47 Å². The van der Waals surface area contributed by atoms with E-state index in [0.29, 0.717) is 11.1 Å². The van der Waals surface area contributed by atoms with Crippen LogP contribution in [0.25, 0.3) is 0 Å². The van der Waals surface area contributed by atoms with E-state index in [2.05, 4.69) is 4.99 Å². The molecule has 0 bridgehead atoms. The molecule has 2 aliphatic heterocycles. The lowest BCUT2D eigenvalue weighted by Crippen LogP contribution is -2.72. The number of amides is 1. The third kappa shape index (κ3) is 6.18. The molecule has 0 unspecified atom stereocenters. The zero-order valence-electron chi connectivity index (χ0n) is 23.6. The van der Waals surface area contributed by atoms with Gasteiger partial charge in [-0.3, -0.25) is 34.2 Å². The van der Waals surface area contributed by atoms with E-state index in [0.717, 1.165) is 22.9 Å². The van der Waals surface area contributed by atoms with E-state index >= 15 is 0 Å². The van der Waals surface area contributed by atoms with E-state index in [1.54, 1.807) is 60.7 Å². The molecule has 5 rings (SSSR count). The minimum absolute atomic E-state index is 0.0394. The lowest BCUT2D eigenvalue weighted by molar-refractivity contribution is -0.384. The van der Waals surface area contributed by atoms with Crippen LogP contribution in [0.3, 0.4) is 0 Å². The number of fused-ring (bicyclic) bond motifs is 1. The number of ether oxygens (including phenoxy) is 2. The van der Waals surface area contributed by atoms with Gasteiger partial charge < -0.3 is 19.3 Å². The van der Waals surface area contributed by atoms with Gasteiger partial charge in [0.15, 0.2) is 6.10 Å². The molecule has 1 saturated heterocycles. The fourth-order valence-electron chi connectivity index (χ4n) is 4.94. The van der Waals surface area contributed by atoms with E-state index < -0.39 is 47.1 Å². The Kier molecular flexibility index (Phi) is 9.03. The number of β-lactam (4-membered cyclic amide) rings is 1. The Morgan fingerprint density at radius 3 is 2.18 bits per heavy atom. The number of nitrogens with zero attached hydrogens (tertiary/aromatic N) is 3. The minimum Gasteiger partial charge on any atom is -0.461 e. The summed E-state index contributed by atoms with van der Waals surface area (Å²) in [6, 6.07) is 22.7. The number of carbonyl (C=O) groups excluding carboxylic acids is 3. The van der Waals surface area contributed by atoms with Crippen LogP contribution < -0.4 is 0 Å². The number of benzene rings is 3. The first-order chi connectivity index (χ1) is 21.4. The average Bonchev–Trinajstić information content (AvgIpc) is 3.02. The third-order valence-electron chi connectivity index (χ3n) is 7.13.